The van der Waals surface area contributed by atoms with Crippen molar-refractivity contribution < 1.29 is 14.0 Å². The molecule has 4 nitrogen and oxygen atoms in total. The van der Waals surface area contributed by atoms with Crippen LogP contribution in [0.25, 0.3) is 11.1 Å². The van der Waals surface area contributed by atoms with E-state index in [9.17, 15) is 14.0 Å². The van der Waals surface area contributed by atoms with Crippen LogP contribution in [0.15, 0.2) is 78.9 Å². The Bertz CT molecular complexity index is 1090. The lowest BCUT2D eigenvalue weighted by Crippen LogP contribution is -2.50. The van der Waals surface area contributed by atoms with E-state index in [2.05, 4.69) is 0 Å². The molecular formula is C26H25FN2O2. The Kier molecular flexibility index (Phi) is 5.85. The van der Waals surface area contributed by atoms with Crippen LogP contribution < -0.4 is 5.73 Å². The number of nitrogens with two attached hydrogens (primary N) is 1. The van der Waals surface area contributed by atoms with Crippen molar-refractivity contribution in [1.29, 1.82) is 0 Å². The maximum Gasteiger partial charge on any atom is 0.253 e. The van der Waals surface area contributed by atoms with Crippen molar-refractivity contribution in [1.82, 2.24) is 4.90 Å². The molecule has 3 aromatic carbocycles. The normalized spacial score (nSPS) is 15.5. The molecule has 2 N–H and O–H groups in total. The first-order valence-electron chi connectivity index (χ1n) is 10.5. The number of carbonyl (C=O) groups excluding carboxylic acids is 2. The first kappa shape index (κ1) is 20.8. The molecule has 1 heterocycles. The Labute approximate surface area is 181 Å². The minimum absolute atomic E-state index is 0.0289. The first-order chi connectivity index (χ1) is 15.0. The molecule has 0 radical (unpaired) electrons. The highest BCUT2D eigenvalue weighted by atomic mass is 19.1. The van der Waals surface area contributed by atoms with Gasteiger partial charge in [0, 0.05) is 18.7 Å². The zero-order valence-corrected chi connectivity index (χ0v) is 17.3. The molecule has 3 aromatic rings. The number of benzene rings is 3. The number of hydrogen-bond donors (Lipinski definition) is 1. The fraction of sp³-hybridized carbons (Fsp3) is 0.231. The lowest BCUT2D eigenvalue weighted by atomic mass is 9.72. The summed E-state index contributed by atoms with van der Waals surface area (Å²) >= 11 is 0. The molecule has 1 fully saturated rings. The summed E-state index contributed by atoms with van der Waals surface area (Å²) < 4.78 is 13.8. The van der Waals surface area contributed by atoms with Crippen LogP contribution in [0.5, 0.6) is 0 Å². The summed E-state index contributed by atoms with van der Waals surface area (Å²) in [5.74, 6) is -0.683. The maximum atomic E-state index is 13.8. The lowest BCUT2D eigenvalue weighted by molar-refractivity contribution is -0.130. The molecule has 4 rings (SSSR count). The van der Waals surface area contributed by atoms with Gasteiger partial charge in [-0.05, 0) is 60.2 Å². The minimum atomic E-state index is -0.739. The highest BCUT2D eigenvalue weighted by molar-refractivity contribution is 5.94. The average Bonchev–Trinajstić information content (AvgIpc) is 2.80. The van der Waals surface area contributed by atoms with Crippen molar-refractivity contribution >= 4 is 11.8 Å². The predicted octanol–water partition coefficient (Wildman–Crippen LogP) is 4.44. The van der Waals surface area contributed by atoms with Gasteiger partial charge in [0.25, 0.3) is 5.91 Å². The second-order valence-electron chi connectivity index (χ2n) is 8.15. The van der Waals surface area contributed by atoms with E-state index in [4.69, 9.17) is 5.73 Å². The topological polar surface area (TPSA) is 63.4 Å². The average molecular weight is 416 g/mol. The van der Waals surface area contributed by atoms with Crippen LogP contribution in [0.4, 0.5) is 4.39 Å². The highest BCUT2D eigenvalue weighted by Gasteiger charge is 2.41. The summed E-state index contributed by atoms with van der Waals surface area (Å²) in [6, 6.07) is 23.3. The van der Waals surface area contributed by atoms with Crippen LogP contribution in [0.3, 0.4) is 0 Å². The fourth-order valence-electron chi connectivity index (χ4n) is 4.39. The molecule has 0 unspecified atom stereocenters. The van der Waals surface area contributed by atoms with Gasteiger partial charge in [0.05, 0.1) is 5.41 Å². The van der Waals surface area contributed by atoms with Gasteiger partial charge in [-0.1, -0.05) is 54.6 Å². The number of rotatable bonds is 5. The number of primary amides is 1. The van der Waals surface area contributed by atoms with Crippen molar-refractivity contribution in [3.05, 3.63) is 95.8 Å². The molecule has 0 atom stereocenters. The maximum absolute atomic E-state index is 13.8. The predicted molar refractivity (Wildman–Crippen MR) is 119 cm³/mol. The van der Waals surface area contributed by atoms with E-state index in [-0.39, 0.29) is 17.6 Å². The minimum Gasteiger partial charge on any atom is -0.369 e. The van der Waals surface area contributed by atoms with Gasteiger partial charge < -0.3 is 10.6 Å². The monoisotopic (exact) mass is 416 g/mol. The Morgan fingerprint density at radius 1 is 0.903 bits per heavy atom. The van der Waals surface area contributed by atoms with Crippen molar-refractivity contribution in [2.75, 3.05) is 13.1 Å². The summed E-state index contributed by atoms with van der Waals surface area (Å²) in [6.07, 6.45) is 1.46. The first-order valence-corrected chi connectivity index (χ1v) is 10.5. The van der Waals surface area contributed by atoms with E-state index in [1.807, 2.05) is 48.5 Å². The second kappa shape index (κ2) is 8.72. The number of likely N-dealkylation sites (tertiary alicyclic amines) is 1. The van der Waals surface area contributed by atoms with E-state index in [0.717, 1.165) is 16.7 Å². The van der Waals surface area contributed by atoms with Crippen molar-refractivity contribution in [3.63, 3.8) is 0 Å². The molecule has 0 aromatic heterocycles. The van der Waals surface area contributed by atoms with Crippen LogP contribution >= 0.6 is 0 Å². The van der Waals surface area contributed by atoms with E-state index >= 15 is 0 Å². The standard InChI is InChI=1S/C26H25FN2O2/c27-22-11-6-10-20(17-22)23-12-5-4-9-21(23)18-26(25(28)31)13-15-29(16-14-26)24(30)19-7-2-1-3-8-19/h1-12,17H,13-16,18H2,(H2,28,31). The molecule has 0 bridgehead atoms. The zero-order chi connectivity index (χ0) is 21.8. The number of carbonyl (C=O) groups is 2. The summed E-state index contributed by atoms with van der Waals surface area (Å²) in [5.41, 5.74) is 8.42. The number of piperidine rings is 1. The van der Waals surface area contributed by atoms with Crippen molar-refractivity contribution in [2.24, 2.45) is 11.1 Å². The zero-order valence-electron chi connectivity index (χ0n) is 17.3. The molecule has 5 heteroatoms. The second-order valence-corrected chi connectivity index (χ2v) is 8.15. The van der Waals surface area contributed by atoms with Gasteiger partial charge in [0.1, 0.15) is 5.82 Å². The van der Waals surface area contributed by atoms with Crippen LogP contribution in [0, 0.1) is 11.2 Å². The third-order valence-corrected chi connectivity index (χ3v) is 6.23. The molecule has 158 valence electrons. The van der Waals surface area contributed by atoms with Crippen LogP contribution in [-0.4, -0.2) is 29.8 Å². The number of halogens is 1. The van der Waals surface area contributed by atoms with Crippen molar-refractivity contribution in [3.8, 4) is 11.1 Å². The van der Waals surface area contributed by atoms with E-state index in [1.54, 1.807) is 23.1 Å². The Balaban J connectivity index is 1.56. The molecule has 2 amide bonds. The summed E-state index contributed by atoms with van der Waals surface area (Å²) in [5, 5.41) is 0. The quantitative estimate of drug-likeness (QED) is 0.668. The fourth-order valence-corrected chi connectivity index (χ4v) is 4.39. The smallest absolute Gasteiger partial charge is 0.253 e. The molecule has 31 heavy (non-hydrogen) atoms. The van der Waals surface area contributed by atoms with Crippen LogP contribution in [0.2, 0.25) is 0 Å². The molecule has 1 aliphatic heterocycles. The molecule has 0 aliphatic carbocycles. The van der Waals surface area contributed by atoms with Crippen LogP contribution in [-0.2, 0) is 11.2 Å². The molecule has 1 saturated heterocycles. The largest absolute Gasteiger partial charge is 0.369 e. The van der Waals surface area contributed by atoms with Gasteiger partial charge in [0.2, 0.25) is 5.91 Å². The molecular weight excluding hydrogens is 391 g/mol. The third-order valence-electron chi connectivity index (χ3n) is 6.23. The molecule has 1 aliphatic rings. The Morgan fingerprint density at radius 2 is 1.58 bits per heavy atom. The molecule has 0 spiro atoms. The SMILES string of the molecule is NC(=O)C1(Cc2ccccc2-c2cccc(F)c2)CCN(C(=O)c2ccccc2)CC1. The summed E-state index contributed by atoms with van der Waals surface area (Å²) in [6.45, 7) is 0.942. The van der Waals surface area contributed by atoms with Gasteiger partial charge in [-0.25, -0.2) is 4.39 Å². The lowest BCUT2D eigenvalue weighted by Gasteiger charge is -2.40. The number of nitrogens with zero attached hydrogens (tertiary/aromatic N) is 1. The number of hydrogen-bond acceptors (Lipinski definition) is 2. The van der Waals surface area contributed by atoms with Gasteiger partial charge in [-0.2, -0.15) is 0 Å². The Morgan fingerprint density at radius 3 is 2.26 bits per heavy atom. The van der Waals surface area contributed by atoms with E-state index < -0.39 is 5.41 Å². The van der Waals surface area contributed by atoms with E-state index in [1.165, 1.54) is 12.1 Å². The van der Waals surface area contributed by atoms with Gasteiger partial charge in [-0.3, -0.25) is 9.59 Å². The van der Waals surface area contributed by atoms with Gasteiger partial charge >= 0.3 is 0 Å². The van der Waals surface area contributed by atoms with Crippen molar-refractivity contribution in [2.45, 2.75) is 19.3 Å². The highest BCUT2D eigenvalue weighted by Crippen LogP contribution is 2.38. The summed E-state index contributed by atoms with van der Waals surface area (Å²) in [4.78, 5) is 27.2. The van der Waals surface area contributed by atoms with Gasteiger partial charge in [0.15, 0.2) is 0 Å². The number of amides is 2. The van der Waals surface area contributed by atoms with Gasteiger partial charge in [-0.15, -0.1) is 0 Å². The summed E-state index contributed by atoms with van der Waals surface area (Å²) in [7, 11) is 0. The van der Waals surface area contributed by atoms with E-state index in [0.29, 0.717) is 37.9 Å². The molecule has 0 saturated carbocycles. The Hall–Kier alpha value is -3.47. The third kappa shape index (κ3) is 4.36. The van der Waals surface area contributed by atoms with Crippen LogP contribution in [0.1, 0.15) is 28.8 Å².